The van der Waals surface area contributed by atoms with Gasteiger partial charge in [-0.05, 0) is 143 Å². The largest absolute Gasteiger partial charge is 0.531 e. The van der Waals surface area contributed by atoms with E-state index in [0.717, 1.165) is 132 Å². The van der Waals surface area contributed by atoms with E-state index in [-0.39, 0.29) is 30.1 Å². The first kappa shape index (κ1) is 50.6. The lowest BCUT2D eigenvalue weighted by Crippen LogP contribution is -2.41. The Morgan fingerprint density at radius 2 is 1.07 bits per heavy atom. The molecule has 0 spiro atoms. The molecule has 0 unspecified atom stereocenters. The highest BCUT2D eigenvalue weighted by atomic mass is 79.9. The van der Waals surface area contributed by atoms with Gasteiger partial charge in [-0.15, -0.1) is 0 Å². The number of rotatable bonds is 6. The second-order valence-corrected chi connectivity index (χ2v) is 21.5. The van der Waals surface area contributed by atoms with Gasteiger partial charge >= 0.3 is 7.12 Å². The highest BCUT2D eigenvalue weighted by Gasteiger charge is 2.53. The van der Waals surface area contributed by atoms with Crippen molar-refractivity contribution in [3.63, 3.8) is 0 Å². The SMILES string of the molecule is CC1(C)OB(C2=CCCCO2)OC1(C)C.CC1=C(c2ccc3ncccc3c2)C(=O)n2nc(-c3ccccc3)c(Br)c2C1.CC1=C(c2ccc3ncccc3c2)C(=O)n2nc(-c3ccccc3)c(C3=CCCCO3)c2C1. The molecule has 9 heterocycles. The lowest BCUT2D eigenvalue weighted by atomic mass is 9.85. The fourth-order valence-corrected chi connectivity index (χ4v) is 10.9. The molecule has 5 aliphatic heterocycles. The number of carbonyl (C=O) groups excluding carboxylic acids is 2. The van der Waals surface area contributed by atoms with Gasteiger partial charge in [-0.2, -0.15) is 19.6 Å². The molecule has 0 saturated carbocycles. The molecule has 14 heteroatoms. The number of benzene rings is 4. The van der Waals surface area contributed by atoms with Crippen molar-refractivity contribution in [2.24, 2.45) is 0 Å². The number of hydrogen-bond acceptors (Lipinski definition) is 10. The first-order valence-electron chi connectivity index (χ1n) is 26.0. The summed E-state index contributed by atoms with van der Waals surface area (Å²) in [7, 11) is -0.324. The van der Waals surface area contributed by atoms with Crippen LogP contribution in [0, 0.1) is 0 Å². The van der Waals surface area contributed by atoms with Gasteiger partial charge in [0.05, 0.1) is 56.9 Å². The highest BCUT2D eigenvalue weighted by Crippen LogP contribution is 2.42. The third-order valence-corrected chi connectivity index (χ3v) is 15.8. The Hall–Kier alpha value is -7.52. The molecule has 0 bridgehead atoms. The minimum absolute atomic E-state index is 0.0927. The van der Waals surface area contributed by atoms with Crippen LogP contribution in [-0.4, -0.2) is 72.9 Å². The Morgan fingerprint density at radius 1 is 0.566 bits per heavy atom. The number of pyridine rings is 2. The maximum atomic E-state index is 13.8. The van der Waals surface area contributed by atoms with E-state index in [9.17, 15) is 9.59 Å². The summed E-state index contributed by atoms with van der Waals surface area (Å²) >= 11 is 3.67. The van der Waals surface area contributed by atoms with Crippen LogP contribution in [0.15, 0.2) is 167 Å². The highest BCUT2D eigenvalue weighted by molar-refractivity contribution is 9.10. The molecule has 0 N–H and O–H groups in total. The van der Waals surface area contributed by atoms with E-state index in [4.69, 9.17) is 23.9 Å². The first-order chi connectivity index (χ1) is 36.8. The molecule has 0 amide bonds. The number of nitrogens with zero attached hydrogens (tertiary/aromatic N) is 6. The summed E-state index contributed by atoms with van der Waals surface area (Å²) in [5.41, 5.74) is 13.7. The van der Waals surface area contributed by atoms with Crippen LogP contribution in [0.25, 0.3) is 61.2 Å². The summed E-state index contributed by atoms with van der Waals surface area (Å²) in [5, 5.41) is 11.5. The first-order valence-corrected chi connectivity index (χ1v) is 26.8. The van der Waals surface area contributed by atoms with Crippen LogP contribution in [-0.2, 0) is 31.6 Å². The second kappa shape index (κ2) is 20.9. The number of carbonyl (C=O) groups is 2. The van der Waals surface area contributed by atoms with Gasteiger partial charge in [-0.1, -0.05) is 96.1 Å². The molecule has 13 rings (SSSR count). The van der Waals surface area contributed by atoms with E-state index >= 15 is 0 Å². The normalized spacial score (nSPS) is 17.6. The fraction of sp³-hybridized carbons (Fsp3) is 0.258. The van der Waals surface area contributed by atoms with E-state index in [1.54, 1.807) is 21.8 Å². The average molecular weight is 1070 g/mol. The third kappa shape index (κ3) is 9.70. The molecule has 1 saturated heterocycles. The molecule has 12 nitrogen and oxygen atoms in total. The van der Waals surface area contributed by atoms with Gasteiger partial charge in [0.2, 0.25) is 0 Å². The summed E-state index contributed by atoms with van der Waals surface area (Å²) in [6.45, 7) is 13.7. The van der Waals surface area contributed by atoms with E-state index in [1.165, 1.54) is 0 Å². The minimum Gasteiger partial charge on any atom is -0.502 e. The minimum atomic E-state index is -0.324. The van der Waals surface area contributed by atoms with Gasteiger partial charge in [-0.3, -0.25) is 19.6 Å². The fourth-order valence-electron chi connectivity index (χ4n) is 10.3. The van der Waals surface area contributed by atoms with Crippen molar-refractivity contribution in [2.45, 2.75) is 91.3 Å². The summed E-state index contributed by atoms with van der Waals surface area (Å²) in [6, 6.07) is 39.8. The Bertz CT molecular complexity index is 3690. The molecule has 8 aromatic rings. The van der Waals surface area contributed by atoms with Crippen molar-refractivity contribution in [3.8, 4) is 22.5 Å². The quantitative estimate of drug-likeness (QED) is 0.148. The van der Waals surface area contributed by atoms with Crippen LogP contribution in [0.5, 0.6) is 0 Å². The summed E-state index contributed by atoms with van der Waals surface area (Å²) in [5.74, 6) is 0.642. The average Bonchev–Trinajstić information content (AvgIpc) is 4.11. The number of fused-ring (bicyclic) bond motifs is 4. The molecule has 382 valence electrons. The van der Waals surface area contributed by atoms with Crippen molar-refractivity contribution >= 4 is 73.6 Å². The Balaban J connectivity index is 0.000000130. The lowest BCUT2D eigenvalue weighted by Gasteiger charge is -2.32. The van der Waals surface area contributed by atoms with Crippen LogP contribution < -0.4 is 0 Å². The van der Waals surface area contributed by atoms with E-state index in [2.05, 4.69) is 70.8 Å². The van der Waals surface area contributed by atoms with E-state index < -0.39 is 0 Å². The molecular weight excluding hydrogens is 1020 g/mol. The lowest BCUT2D eigenvalue weighted by molar-refractivity contribution is 0.00578. The number of hydrogen-bond donors (Lipinski definition) is 0. The molecule has 5 aliphatic rings. The number of ether oxygens (including phenoxy) is 2. The van der Waals surface area contributed by atoms with Crippen LogP contribution in [0.2, 0.25) is 0 Å². The molecule has 0 aliphatic carbocycles. The maximum Gasteiger partial charge on any atom is 0.531 e. The summed E-state index contributed by atoms with van der Waals surface area (Å²) in [6.07, 6.45) is 13.2. The Morgan fingerprint density at radius 3 is 1.59 bits per heavy atom. The molecule has 4 aromatic carbocycles. The molecule has 76 heavy (non-hydrogen) atoms. The van der Waals surface area contributed by atoms with Crippen LogP contribution in [0.3, 0.4) is 0 Å². The van der Waals surface area contributed by atoms with Gasteiger partial charge in [0.1, 0.15) is 22.8 Å². The number of aromatic nitrogens is 6. The zero-order chi connectivity index (χ0) is 52.7. The standard InChI is InChI=1S/C28H23N3O2.C23H16BrN3O.C11H19BO3/c1-18-16-23-26(24-11-5-6-15-33-24)27(19-8-3-2-4-9-19)30-31(23)28(32)25(18)21-12-13-22-20(17-21)10-7-14-29-22;1-14-12-19-21(24)22(15-6-3-2-4-7-15)26-27(19)23(28)20(14)17-9-10-18-16(13-17)8-5-11-25-18;1-10(2)11(3,4)15-12(14-10)9-7-5-6-8-13-9/h2-4,7-14,17H,5-6,15-16H2,1H3;2-11,13H,12H2,1H3;7H,5-6,8H2,1-4H3. The molecule has 0 radical (unpaired) electrons. The molecule has 0 atom stereocenters. The maximum absolute atomic E-state index is 13.8. The van der Waals surface area contributed by atoms with Gasteiger partial charge < -0.3 is 18.8 Å². The van der Waals surface area contributed by atoms with Crippen molar-refractivity contribution < 1.29 is 28.4 Å². The van der Waals surface area contributed by atoms with Crippen molar-refractivity contribution in [2.75, 3.05) is 13.2 Å². The predicted molar refractivity (Wildman–Crippen MR) is 303 cm³/mol. The van der Waals surface area contributed by atoms with Gasteiger partial charge in [-0.25, -0.2) is 0 Å². The zero-order valence-corrected chi connectivity index (χ0v) is 45.2. The Kier molecular flexibility index (Phi) is 13.9. The van der Waals surface area contributed by atoms with Crippen LogP contribution >= 0.6 is 15.9 Å². The van der Waals surface area contributed by atoms with Gasteiger partial charge in [0.25, 0.3) is 11.8 Å². The molecule has 4 aromatic heterocycles. The topological polar surface area (TPSA) is 132 Å². The third-order valence-electron chi connectivity index (χ3n) is 14.9. The number of halogens is 1. The zero-order valence-electron chi connectivity index (χ0n) is 43.6. The Labute approximate surface area is 451 Å². The monoisotopic (exact) mass is 1070 g/mol. The summed E-state index contributed by atoms with van der Waals surface area (Å²) in [4.78, 5) is 35.9. The van der Waals surface area contributed by atoms with Crippen LogP contribution in [0.1, 0.15) is 105 Å². The van der Waals surface area contributed by atoms with E-state index in [1.807, 2.05) is 135 Å². The molecule has 1 fully saturated rings. The number of allylic oxidation sites excluding steroid dienone is 6. The van der Waals surface area contributed by atoms with Crippen molar-refractivity contribution in [1.29, 1.82) is 0 Å². The molecular formula is C62H58BBrN6O6. The predicted octanol–water partition coefficient (Wildman–Crippen LogP) is 13.8. The van der Waals surface area contributed by atoms with Gasteiger partial charge in [0, 0.05) is 58.3 Å². The van der Waals surface area contributed by atoms with E-state index in [0.29, 0.717) is 30.6 Å². The van der Waals surface area contributed by atoms with Crippen LogP contribution in [0.4, 0.5) is 0 Å². The summed E-state index contributed by atoms with van der Waals surface area (Å²) < 4.78 is 27.4. The van der Waals surface area contributed by atoms with Gasteiger partial charge in [0.15, 0.2) is 0 Å². The second-order valence-electron chi connectivity index (χ2n) is 20.7. The van der Waals surface area contributed by atoms with Crippen molar-refractivity contribution in [3.05, 3.63) is 195 Å². The van der Waals surface area contributed by atoms with Crippen molar-refractivity contribution in [1.82, 2.24) is 29.5 Å². The smallest absolute Gasteiger partial charge is 0.502 e.